The Morgan fingerprint density at radius 3 is 2.88 bits per heavy atom. The molecule has 4 heteroatoms. The maximum Gasteiger partial charge on any atom is 0.106 e. The van der Waals surface area contributed by atoms with Gasteiger partial charge >= 0.3 is 0 Å². The summed E-state index contributed by atoms with van der Waals surface area (Å²) in [6.45, 7) is 2.70. The van der Waals surface area contributed by atoms with Crippen LogP contribution in [0, 0.1) is 6.92 Å². The van der Waals surface area contributed by atoms with Gasteiger partial charge in [0, 0.05) is 12.1 Å². The Bertz CT molecular complexity index is 516. The van der Waals surface area contributed by atoms with Crippen molar-refractivity contribution in [1.82, 2.24) is 9.55 Å². The Hall–Kier alpha value is -1.06. The van der Waals surface area contributed by atoms with Gasteiger partial charge in [-0.25, -0.2) is 4.98 Å². The van der Waals surface area contributed by atoms with Crippen LogP contribution in [0.15, 0.2) is 12.1 Å². The summed E-state index contributed by atoms with van der Waals surface area (Å²) < 4.78 is 2.11. The van der Waals surface area contributed by atoms with Gasteiger partial charge in [-0.15, -0.1) is 0 Å². The largest absolute Gasteiger partial charge is 0.331 e. The summed E-state index contributed by atoms with van der Waals surface area (Å²) in [4.78, 5) is 4.49. The predicted octanol–water partition coefficient (Wildman–Crippen LogP) is 2.43. The topological polar surface area (TPSA) is 43.8 Å². The average Bonchev–Trinajstić information content (AvgIpc) is 2.51. The van der Waals surface area contributed by atoms with Crippen molar-refractivity contribution in [3.05, 3.63) is 28.5 Å². The SMILES string of the molecule is Cc1nc2cc(Cl)cc(CCCN)c2n1C. The predicted molar refractivity (Wildman–Crippen MR) is 67.8 cm³/mol. The van der Waals surface area contributed by atoms with Gasteiger partial charge in [0.15, 0.2) is 0 Å². The van der Waals surface area contributed by atoms with Crippen molar-refractivity contribution >= 4 is 22.6 Å². The van der Waals surface area contributed by atoms with Gasteiger partial charge < -0.3 is 10.3 Å². The van der Waals surface area contributed by atoms with Crippen molar-refractivity contribution in [2.75, 3.05) is 6.54 Å². The molecule has 2 rings (SSSR count). The third-order valence-electron chi connectivity index (χ3n) is 2.89. The smallest absolute Gasteiger partial charge is 0.106 e. The number of aromatic nitrogens is 2. The molecular formula is C12H16ClN3. The van der Waals surface area contributed by atoms with Crippen molar-refractivity contribution in [1.29, 1.82) is 0 Å². The first kappa shape index (κ1) is 11.4. The average molecular weight is 238 g/mol. The number of benzene rings is 1. The van der Waals surface area contributed by atoms with Gasteiger partial charge in [0.25, 0.3) is 0 Å². The number of hydrogen-bond donors (Lipinski definition) is 1. The molecule has 1 aromatic carbocycles. The van der Waals surface area contributed by atoms with Crippen LogP contribution in [0.3, 0.4) is 0 Å². The van der Waals surface area contributed by atoms with Crippen molar-refractivity contribution < 1.29 is 0 Å². The molecule has 2 N–H and O–H groups in total. The quantitative estimate of drug-likeness (QED) is 0.891. The fraction of sp³-hybridized carbons (Fsp3) is 0.417. The first-order chi connectivity index (χ1) is 7.63. The monoisotopic (exact) mass is 237 g/mol. The minimum Gasteiger partial charge on any atom is -0.331 e. The van der Waals surface area contributed by atoms with E-state index in [1.807, 2.05) is 26.1 Å². The number of hydrogen-bond acceptors (Lipinski definition) is 2. The number of fused-ring (bicyclic) bond motifs is 1. The van der Waals surface area contributed by atoms with Gasteiger partial charge in [-0.1, -0.05) is 11.6 Å². The Kier molecular flexibility index (Phi) is 3.17. The number of nitrogens with zero attached hydrogens (tertiary/aromatic N) is 2. The van der Waals surface area contributed by atoms with Crippen LogP contribution in [0.25, 0.3) is 11.0 Å². The van der Waals surface area contributed by atoms with Crippen LogP contribution in [0.2, 0.25) is 5.02 Å². The molecule has 1 heterocycles. The maximum absolute atomic E-state index is 6.08. The van der Waals surface area contributed by atoms with Crippen molar-refractivity contribution in [2.24, 2.45) is 12.8 Å². The van der Waals surface area contributed by atoms with Crippen LogP contribution < -0.4 is 5.73 Å². The summed E-state index contributed by atoms with van der Waals surface area (Å²) >= 11 is 6.08. The molecule has 0 aliphatic heterocycles. The van der Waals surface area contributed by atoms with Gasteiger partial charge in [-0.05, 0) is 44.0 Å². The minimum absolute atomic E-state index is 0.699. The van der Waals surface area contributed by atoms with Gasteiger partial charge in [0.2, 0.25) is 0 Å². The molecule has 86 valence electrons. The molecule has 0 amide bonds. The summed E-state index contributed by atoms with van der Waals surface area (Å²) in [6, 6.07) is 3.93. The maximum atomic E-state index is 6.08. The summed E-state index contributed by atoms with van der Waals surface area (Å²) in [7, 11) is 2.03. The van der Waals surface area contributed by atoms with Crippen LogP contribution in [0.5, 0.6) is 0 Å². The molecule has 2 aromatic rings. The zero-order chi connectivity index (χ0) is 11.7. The summed E-state index contributed by atoms with van der Waals surface area (Å²) in [5.41, 5.74) is 8.93. The Balaban J connectivity index is 2.60. The molecule has 1 aromatic heterocycles. The lowest BCUT2D eigenvalue weighted by Gasteiger charge is -2.06. The molecule has 0 radical (unpaired) electrons. The number of rotatable bonds is 3. The lowest BCUT2D eigenvalue weighted by atomic mass is 10.1. The number of imidazole rings is 1. The molecule has 0 bridgehead atoms. The van der Waals surface area contributed by atoms with E-state index in [2.05, 4.69) is 9.55 Å². The van der Waals surface area contributed by atoms with Crippen molar-refractivity contribution in [3.8, 4) is 0 Å². The molecule has 0 unspecified atom stereocenters. The van der Waals surface area contributed by atoms with Crippen LogP contribution in [0.4, 0.5) is 0 Å². The van der Waals surface area contributed by atoms with E-state index < -0.39 is 0 Å². The van der Waals surface area contributed by atoms with E-state index >= 15 is 0 Å². The van der Waals surface area contributed by atoms with Gasteiger partial charge in [0.05, 0.1) is 11.0 Å². The second-order valence-electron chi connectivity index (χ2n) is 4.04. The third-order valence-corrected chi connectivity index (χ3v) is 3.11. The Morgan fingerprint density at radius 2 is 2.19 bits per heavy atom. The second kappa shape index (κ2) is 4.44. The highest BCUT2D eigenvalue weighted by Gasteiger charge is 2.10. The number of nitrogens with two attached hydrogens (primary N) is 1. The first-order valence-corrected chi connectivity index (χ1v) is 5.83. The highest BCUT2D eigenvalue weighted by Crippen LogP contribution is 2.25. The highest BCUT2D eigenvalue weighted by atomic mass is 35.5. The standard InChI is InChI=1S/C12H16ClN3/c1-8-15-11-7-10(13)6-9(4-3-5-14)12(11)16(8)2/h6-7H,3-5,14H2,1-2H3. The van der Waals surface area contributed by atoms with Crippen LogP contribution >= 0.6 is 11.6 Å². The van der Waals surface area contributed by atoms with E-state index in [4.69, 9.17) is 17.3 Å². The fourth-order valence-electron chi connectivity index (χ4n) is 2.01. The normalized spacial score (nSPS) is 11.2. The molecule has 0 fully saturated rings. The van der Waals surface area contributed by atoms with E-state index in [9.17, 15) is 0 Å². The molecule has 0 aliphatic rings. The molecule has 0 saturated carbocycles. The number of aryl methyl sites for hydroxylation is 3. The summed E-state index contributed by atoms with van der Waals surface area (Å²) in [6.07, 6.45) is 1.92. The molecular weight excluding hydrogens is 222 g/mol. The summed E-state index contributed by atoms with van der Waals surface area (Å²) in [5.74, 6) is 1.01. The molecule has 0 spiro atoms. The zero-order valence-corrected chi connectivity index (χ0v) is 10.4. The highest BCUT2D eigenvalue weighted by molar-refractivity contribution is 6.31. The Morgan fingerprint density at radius 1 is 1.44 bits per heavy atom. The van der Waals surface area contributed by atoms with Crippen LogP contribution in [-0.2, 0) is 13.5 Å². The van der Waals surface area contributed by atoms with Crippen LogP contribution in [0.1, 0.15) is 17.8 Å². The molecule has 0 saturated heterocycles. The van der Waals surface area contributed by atoms with E-state index in [-0.39, 0.29) is 0 Å². The lowest BCUT2D eigenvalue weighted by Crippen LogP contribution is -2.02. The molecule has 0 atom stereocenters. The summed E-state index contributed by atoms with van der Waals surface area (Å²) in [5, 5.41) is 0.748. The Labute approximate surface area is 100 Å². The van der Waals surface area contributed by atoms with Crippen molar-refractivity contribution in [2.45, 2.75) is 19.8 Å². The minimum atomic E-state index is 0.699. The van der Waals surface area contributed by atoms with Crippen molar-refractivity contribution in [3.63, 3.8) is 0 Å². The second-order valence-corrected chi connectivity index (χ2v) is 4.48. The number of halogens is 1. The zero-order valence-electron chi connectivity index (χ0n) is 9.63. The van der Waals surface area contributed by atoms with Gasteiger partial charge in [-0.2, -0.15) is 0 Å². The van der Waals surface area contributed by atoms with E-state index in [1.54, 1.807) is 0 Å². The first-order valence-electron chi connectivity index (χ1n) is 5.45. The van der Waals surface area contributed by atoms with E-state index in [0.717, 1.165) is 29.2 Å². The molecule has 3 nitrogen and oxygen atoms in total. The van der Waals surface area contributed by atoms with E-state index in [0.29, 0.717) is 6.54 Å². The third kappa shape index (κ3) is 1.93. The lowest BCUT2D eigenvalue weighted by molar-refractivity contribution is 0.824. The van der Waals surface area contributed by atoms with Gasteiger partial charge in [0.1, 0.15) is 5.82 Å². The fourth-order valence-corrected chi connectivity index (χ4v) is 2.24. The van der Waals surface area contributed by atoms with Gasteiger partial charge in [-0.3, -0.25) is 0 Å². The molecule has 0 aliphatic carbocycles. The molecule has 16 heavy (non-hydrogen) atoms. The van der Waals surface area contributed by atoms with Crippen LogP contribution in [-0.4, -0.2) is 16.1 Å². The van der Waals surface area contributed by atoms with E-state index in [1.165, 1.54) is 11.1 Å².